The van der Waals surface area contributed by atoms with Crippen molar-refractivity contribution in [2.75, 3.05) is 39.5 Å². The van der Waals surface area contributed by atoms with Gasteiger partial charge in [0.15, 0.2) is 0 Å². The number of fused-ring (bicyclic) bond motifs is 8. The van der Waals surface area contributed by atoms with E-state index in [0.29, 0.717) is 61.6 Å². The lowest BCUT2D eigenvalue weighted by atomic mass is 9.85. The summed E-state index contributed by atoms with van der Waals surface area (Å²) in [7, 11) is 0. The van der Waals surface area contributed by atoms with Crippen LogP contribution < -0.4 is 10.6 Å². The number of aromatic amines is 2. The van der Waals surface area contributed by atoms with Crippen LogP contribution in [0.5, 0.6) is 0 Å². The number of esters is 2. The second kappa shape index (κ2) is 18.2. The summed E-state index contributed by atoms with van der Waals surface area (Å²) in [6.07, 6.45) is 3.49. The summed E-state index contributed by atoms with van der Waals surface area (Å²) in [5.74, 6) is -2.46. The molecule has 6 rings (SSSR count). The summed E-state index contributed by atoms with van der Waals surface area (Å²) in [6, 6.07) is 5.94. The van der Waals surface area contributed by atoms with Crippen LogP contribution in [-0.4, -0.2) is 89.0 Å². The number of rotatable bonds is 17. The molecule has 14 heteroatoms. The first-order valence-corrected chi connectivity index (χ1v) is 19.9. The van der Waals surface area contributed by atoms with Gasteiger partial charge in [0.25, 0.3) is 0 Å². The number of allylic oxidation sites excluding steroid dienone is 2. The van der Waals surface area contributed by atoms with Gasteiger partial charge in [-0.25, -0.2) is 14.6 Å². The highest BCUT2D eigenvalue weighted by Gasteiger charge is 2.38. The number of nitrogens with zero attached hydrogens (tertiary/aromatic N) is 2. The maximum Gasteiger partial charge on any atom is 0.350 e. The lowest BCUT2D eigenvalue weighted by Gasteiger charge is -2.19. The molecule has 3 aliphatic rings. The van der Waals surface area contributed by atoms with E-state index >= 15 is 0 Å². The Labute approximate surface area is 337 Å². The summed E-state index contributed by atoms with van der Waals surface area (Å²) in [5.41, 5.74) is 10.6. The van der Waals surface area contributed by atoms with Crippen LogP contribution in [-0.2, 0) is 28.6 Å². The van der Waals surface area contributed by atoms with Crippen molar-refractivity contribution in [1.29, 1.82) is 0 Å². The van der Waals surface area contributed by atoms with Gasteiger partial charge in [-0.2, -0.15) is 0 Å². The van der Waals surface area contributed by atoms with E-state index in [1.807, 2.05) is 45.0 Å². The van der Waals surface area contributed by atoms with Crippen molar-refractivity contribution in [3.8, 4) is 0 Å². The number of cyclic esters (lactones) is 2. The Morgan fingerprint density at radius 3 is 2.12 bits per heavy atom. The number of nitrogens with one attached hydrogen (secondary N) is 4. The van der Waals surface area contributed by atoms with Gasteiger partial charge in [-0.15, -0.1) is 0 Å². The Morgan fingerprint density at radius 2 is 1.47 bits per heavy atom. The summed E-state index contributed by atoms with van der Waals surface area (Å²) in [4.78, 5) is 79.9. The van der Waals surface area contributed by atoms with Crippen molar-refractivity contribution in [1.82, 2.24) is 30.6 Å². The molecule has 0 aromatic carbocycles. The number of ether oxygens (including phenoxy) is 3. The smallest absolute Gasteiger partial charge is 0.350 e. The number of amides is 2. The van der Waals surface area contributed by atoms with Crippen molar-refractivity contribution in [2.24, 2.45) is 0 Å². The van der Waals surface area contributed by atoms with Gasteiger partial charge in [-0.05, 0) is 81.0 Å². The highest BCUT2D eigenvalue weighted by atomic mass is 16.6. The minimum Gasteiger partial charge on any atom is -0.386 e. The quantitative estimate of drug-likeness (QED) is 0.0664. The predicted molar refractivity (Wildman–Crippen MR) is 221 cm³/mol. The normalized spacial score (nSPS) is 16.0. The van der Waals surface area contributed by atoms with E-state index in [4.69, 9.17) is 24.2 Å². The lowest BCUT2D eigenvalue weighted by molar-refractivity contribution is -0.124. The van der Waals surface area contributed by atoms with Crippen molar-refractivity contribution in [3.05, 3.63) is 75.4 Å². The van der Waals surface area contributed by atoms with Crippen LogP contribution in [0.3, 0.4) is 0 Å². The van der Waals surface area contributed by atoms with E-state index in [-0.39, 0.29) is 66.4 Å². The van der Waals surface area contributed by atoms with Crippen LogP contribution in [0.4, 0.5) is 0 Å². The van der Waals surface area contributed by atoms with Gasteiger partial charge in [0.2, 0.25) is 11.8 Å². The molecule has 2 amide bonds. The number of aryl methyl sites for hydroxylation is 2. The number of H-pyrrole nitrogens is 2. The average Bonchev–Trinajstić information content (AvgIpc) is 3.86. The summed E-state index contributed by atoms with van der Waals surface area (Å²) in [6.45, 7) is 17.4. The van der Waals surface area contributed by atoms with E-state index < -0.39 is 11.9 Å². The Hall–Kier alpha value is -5.73. The predicted octanol–water partition coefficient (Wildman–Crippen LogP) is 6.53. The first kappa shape index (κ1) is 41.9. The number of aromatic nitrogens is 4. The summed E-state index contributed by atoms with van der Waals surface area (Å²) < 4.78 is 16.4. The molecule has 2 atom stereocenters. The molecule has 3 aromatic heterocycles. The first-order valence-electron chi connectivity index (χ1n) is 19.9. The van der Waals surface area contributed by atoms with Crippen LogP contribution in [0.15, 0.2) is 24.8 Å². The molecular weight excluding hydrogens is 741 g/mol. The fourth-order valence-electron chi connectivity index (χ4n) is 7.81. The highest BCUT2D eigenvalue weighted by Crippen LogP contribution is 2.44. The lowest BCUT2D eigenvalue weighted by Crippen LogP contribution is -2.29. The summed E-state index contributed by atoms with van der Waals surface area (Å²) in [5, 5.41) is 5.61. The van der Waals surface area contributed by atoms with E-state index in [0.717, 1.165) is 56.8 Å². The molecule has 8 bridgehead atoms. The fourth-order valence-corrected chi connectivity index (χ4v) is 7.81. The average molecular weight is 793 g/mol. The Bertz CT molecular complexity index is 2370. The molecule has 4 N–H and O–H groups in total. The maximum atomic E-state index is 13.7. The number of ketones is 1. The Kier molecular flexibility index (Phi) is 13.2. The van der Waals surface area contributed by atoms with E-state index in [2.05, 4.69) is 41.0 Å². The molecule has 6 heterocycles. The van der Waals surface area contributed by atoms with Crippen molar-refractivity contribution in [2.45, 2.75) is 85.5 Å². The SMILES string of the molecule is C=Cc1c(C)c2cc3nc(c4c5[nH]c(cc6nc(cc1[nH]2)C(C)=C6CC)c(C)c5C(=O)OC4=O)C(CCC(=O)NCCOCCOCCNC(=O)CCC(C)=O)C3C. The Morgan fingerprint density at radius 1 is 0.828 bits per heavy atom. The van der Waals surface area contributed by atoms with E-state index in [1.165, 1.54) is 6.92 Å². The largest absolute Gasteiger partial charge is 0.386 e. The molecule has 0 saturated carbocycles. The molecule has 306 valence electrons. The van der Waals surface area contributed by atoms with Gasteiger partial charge in [0, 0.05) is 72.0 Å². The van der Waals surface area contributed by atoms with Gasteiger partial charge < -0.3 is 39.6 Å². The second-order valence-corrected chi connectivity index (χ2v) is 14.9. The maximum absolute atomic E-state index is 13.7. The number of carbonyl (C=O) groups excluding carboxylic acids is 5. The number of carbonyl (C=O) groups is 5. The molecule has 58 heavy (non-hydrogen) atoms. The topological polar surface area (TPSA) is 194 Å². The number of hydrogen-bond donors (Lipinski definition) is 4. The molecule has 0 saturated heterocycles. The number of hydrogen-bond acceptors (Lipinski definition) is 10. The molecule has 0 spiro atoms. The zero-order chi connectivity index (χ0) is 41.7. The molecular formula is C44H52N6O8. The van der Waals surface area contributed by atoms with Crippen molar-refractivity contribution >= 4 is 68.8 Å². The van der Waals surface area contributed by atoms with Crippen LogP contribution >= 0.6 is 0 Å². The van der Waals surface area contributed by atoms with Crippen LogP contribution in [0.1, 0.15) is 132 Å². The fraction of sp³-hybridized carbons (Fsp3) is 0.432. The van der Waals surface area contributed by atoms with Crippen molar-refractivity contribution < 1.29 is 38.2 Å². The van der Waals surface area contributed by atoms with Crippen LogP contribution in [0.25, 0.3) is 39.3 Å². The minimum atomic E-state index is -0.788. The van der Waals surface area contributed by atoms with Crippen molar-refractivity contribution in [3.63, 3.8) is 0 Å². The van der Waals surface area contributed by atoms with Gasteiger partial charge in [-0.3, -0.25) is 14.6 Å². The third-order valence-corrected chi connectivity index (χ3v) is 11.1. The van der Waals surface area contributed by atoms with Gasteiger partial charge in [0.05, 0.1) is 54.6 Å². The van der Waals surface area contributed by atoms with Crippen LogP contribution in [0, 0.1) is 13.8 Å². The van der Waals surface area contributed by atoms with Gasteiger partial charge >= 0.3 is 11.9 Å². The van der Waals surface area contributed by atoms with Gasteiger partial charge in [-0.1, -0.05) is 26.5 Å². The molecule has 0 fully saturated rings. The molecule has 3 aromatic rings. The second-order valence-electron chi connectivity index (χ2n) is 14.9. The third kappa shape index (κ3) is 8.87. The number of Topliss-reactive ketones (excluding diaryl/α,β-unsaturated/α-hetero) is 1. The summed E-state index contributed by atoms with van der Waals surface area (Å²) >= 11 is 0. The molecule has 0 radical (unpaired) electrons. The van der Waals surface area contributed by atoms with Crippen LogP contribution in [0.2, 0.25) is 0 Å². The molecule has 14 nitrogen and oxygen atoms in total. The Balaban J connectivity index is 1.23. The highest BCUT2D eigenvalue weighted by molar-refractivity contribution is 6.18. The van der Waals surface area contributed by atoms with Gasteiger partial charge in [0.1, 0.15) is 11.3 Å². The zero-order valence-corrected chi connectivity index (χ0v) is 34.1. The molecule has 3 aliphatic heterocycles. The first-order chi connectivity index (χ1) is 27.8. The van der Waals surface area contributed by atoms with E-state index in [1.54, 1.807) is 0 Å². The van der Waals surface area contributed by atoms with E-state index in [9.17, 15) is 24.0 Å². The molecule has 2 unspecified atom stereocenters. The minimum absolute atomic E-state index is 0.0279. The standard InChI is InChI=1S/C44H52N6O8/c1-8-28-24(4)31-20-33-26(6)30(11-13-38(53)46-15-17-57-19-18-56-16-14-45-37(52)12-10-23(3)51)41(49-33)40-42-39(43(54)58-44(40)55)27(7)34(50-42)22-36-29(9-2)25(5)32(48-36)21-35(28)47-31/h8,20-22,26,30,47,50H,1,9-19H2,2-7H3,(H,45,52)(H,46,53). The monoisotopic (exact) mass is 792 g/mol. The molecule has 0 aliphatic carbocycles. The zero-order valence-electron chi connectivity index (χ0n) is 34.1. The third-order valence-electron chi connectivity index (χ3n) is 11.1.